The van der Waals surface area contributed by atoms with Gasteiger partial charge in [0.2, 0.25) is 0 Å². The second kappa shape index (κ2) is 9.76. The first-order valence-electron chi connectivity index (χ1n) is 10.1. The minimum absolute atomic E-state index is 0. The van der Waals surface area contributed by atoms with Crippen molar-refractivity contribution in [2.75, 3.05) is 38.0 Å². The van der Waals surface area contributed by atoms with Gasteiger partial charge in [0.05, 0.1) is 4.90 Å². The highest BCUT2D eigenvalue weighted by molar-refractivity contribution is 7.85. The van der Waals surface area contributed by atoms with Gasteiger partial charge in [-0.3, -0.25) is 0 Å². The third kappa shape index (κ3) is 5.14. The first-order chi connectivity index (χ1) is 14.5. The molecule has 0 heterocycles. The number of hydrogen-bond donors (Lipinski definition) is 0. The molecule has 172 valence electrons. The van der Waals surface area contributed by atoms with E-state index >= 15 is 0 Å². The largest absolute Gasteiger partial charge is 0.744 e. The van der Waals surface area contributed by atoms with Crippen LogP contribution in [0.5, 0.6) is 0 Å². The van der Waals surface area contributed by atoms with E-state index in [1.54, 1.807) is 18.2 Å². The molecule has 0 fully saturated rings. The fourth-order valence-corrected chi connectivity index (χ4v) is 4.69. The molecule has 0 spiro atoms. The monoisotopic (exact) mass is 453 g/mol. The van der Waals surface area contributed by atoms with Crippen LogP contribution in [0.1, 0.15) is 41.2 Å². The van der Waals surface area contributed by atoms with Crippen molar-refractivity contribution in [1.82, 2.24) is 0 Å². The van der Waals surface area contributed by atoms with Gasteiger partial charge in [0.1, 0.15) is 10.1 Å². The number of hydrogen-bond acceptors (Lipinski definition) is 5. The Morgan fingerprint density at radius 3 is 1.53 bits per heavy atom. The van der Waals surface area contributed by atoms with E-state index in [0.29, 0.717) is 5.56 Å². The summed E-state index contributed by atoms with van der Waals surface area (Å²) in [7, 11) is 3.30. The number of rotatable bonds is 6. The third-order valence-corrected chi connectivity index (χ3v) is 6.57. The molecule has 0 amide bonds. The first-order valence-corrected chi connectivity index (χ1v) is 11.5. The van der Waals surface area contributed by atoms with Gasteiger partial charge in [-0.15, -0.1) is 0 Å². The zero-order chi connectivity index (χ0) is 22.9. The summed E-state index contributed by atoms with van der Waals surface area (Å²) in [6.45, 7) is 4.04. The summed E-state index contributed by atoms with van der Waals surface area (Å²) in [6, 6.07) is 18.8. The van der Waals surface area contributed by atoms with E-state index in [1.165, 1.54) is 6.07 Å². The minimum Gasteiger partial charge on any atom is -0.744 e. The molecule has 0 saturated heterocycles. The average Bonchev–Trinajstić information content (AvgIpc) is 2.69. The molecule has 6 heteroatoms. The molecule has 0 aliphatic carbocycles. The van der Waals surface area contributed by atoms with Crippen LogP contribution >= 0.6 is 0 Å². The molecule has 0 N–H and O–H groups in total. The van der Waals surface area contributed by atoms with Crippen LogP contribution in [0.2, 0.25) is 0 Å². The number of nitrogens with zero attached hydrogens (tertiary/aromatic N) is 2. The Hall–Kier alpha value is -2.83. The Morgan fingerprint density at radius 1 is 0.719 bits per heavy atom. The Kier molecular flexibility index (Phi) is 7.75. The Morgan fingerprint density at radius 2 is 1.16 bits per heavy atom. The van der Waals surface area contributed by atoms with Crippen LogP contribution in [0, 0.1) is 13.8 Å². The van der Waals surface area contributed by atoms with E-state index in [2.05, 4.69) is 12.1 Å². The molecule has 32 heavy (non-hydrogen) atoms. The average molecular weight is 454 g/mol. The van der Waals surface area contributed by atoms with Gasteiger partial charge in [-0.05, 0) is 72.0 Å². The fourth-order valence-electron chi connectivity index (χ4n) is 3.97. The zero-order valence-corrected chi connectivity index (χ0v) is 19.7. The molecule has 3 aromatic rings. The molecular weight excluding hydrogens is 420 g/mol. The molecule has 0 bridgehead atoms. The van der Waals surface area contributed by atoms with Gasteiger partial charge in [0.15, 0.2) is 0 Å². The van der Waals surface area contributed by atoms with Crippen LogP contribution in [0.25, 0.3) is 0 Å². The SMILES string of the molecule is C.Cc1cc(N(C)C)ccc1C(c1ccc(N(C)C)cc1C)c1ccccc1S(=O)(=O)[O-]. The Labute approximate surface area is 193 Å². The number of anilines is 2. The van der Waals surface area contributed by atoms with Gasteiger partial charge in [-0.25, -0.2) is 8.42 Å². The number of benzene rings is 3. The lowest BCUT2D eigenvalue weighted by Gasteiger charge is -2.27. The van der Waals surface area contributed by atoms with Crippen LogP contribution < -0.4 is 9.80 Å². The topological polar surface area (TPSA) is 63.7 Å². The van der Waals surface area contributed by atoms with Gasteiger partial charge in [0.25, 0.3) is 0 Å². The van der Waals surface area contributed by atoms with Crippen LogP contribution in [0.15, 0.2) is 65.6 Å². The van der Waals surface area contributed by atoms with Crippen molar-refractivity contribution in [2.24, 2.45) is 0 Å². The Balaban J connectivity index is 0.00000363. The van der Waals surface area contributed by atoms with E-state index in [9.17, 15) is 13.0 Å². The lowest BCUT2D eigenvalue weighted by Crippen LogP contribution is -2.14. The third-order valence-electron chi connectivity index (χ3n) is 5.66. The molecule has 0 saturated carbocycles. The second-order valence-electron chi connectivity index (χ2n) is 8.30. The normalized spacial score (nSPS) is 11.2. The maximum atomic E-state index is 12.1. The predicted molar refractivity (Wildman–Crippen MR) is 133 cm³/mol. The molecule has 0 aliphatic rings. The molecule has 5 nitrogen and oxygen atoms in total. The zero-order valence-electron chi connectivity index (χ0n) is 18.9. The van der Waals surface area contributed by atoms with E-state index in [4.69, 9.17) is 0 Å². The van der Waals surface area contributed by atoms with Crippen molar-refractivity contribution in [3.05, 3.63) is 88.5 Å². The highest BCUT2D eigenvalue weighted by Gasteiger charge is 2.25. The standard InChI is InChI=1S/C25H30N2O3S.CH4/c1-17-15-19(26(3)4)11-13-21(17)25(22-14-12-20(27(5)6)16-18(22)2)23-9-7-8-10-24(23)31(28,29)30;/h7-16,25H,1-6H3,(H,28,29,30);1H4/p-1. The van der Waals surface area contributed by atoms with Crippen LogP contribution in [-0.2, 0) is 10.1 Å². The predicted octanol–water partition coefficient (Wildman–Crippen LogP) is 5.16. The smallest absolute Gasteiger partial charge is 0.124 e. The van der Waals surface area contributed by atoms with Crippen LogP contribution in [0.4, 0.5) is 11.4 Å². The lowest BCUT2D eigenvalue weighted by molar-refractivity contribution is 0.462. The van der Waals surface area contributed by atoms with Crippen molar-refractivity contribution in [3.8, 4) is 0 Å². The summed E-state index contributed by atoms with van der Waals surface area (Å²) < 4.78 is 36.3. The summed E-state index contributed by atoms with van der Waals surface area (Å²) in [5.74, 6) is -0.382. The summed E-state index contributed by atoms with van der Waals surface area (Å²) in [5, 5.41) is 0. The van der Waals surface area contributed by atoms with Gasteiger partial charge >= 0.3 is 0 Å². The molecule has 0 aliphatic heterocycles. The van der Waals surface area contributed by atoms with Crippen molar-refractivity contribution >= 4 is 21.5 Å². The number of aryl methyl sites for hydroxylation is 2. The molecule has 0 unspecified atom stereocenters. The van der Waals surface area contributed by atoms with Gasteiger partial charge in [-0.2, -0.15) is 0 Å². The van der Waals surface area contributed by atoms with Crippen molar-refractivity contribution in [1.29, 1.82) is 0 Å². The molecule has 0 aromatic heterocycles. The van der Waals surface area contributed by atoms with Crippen molar-refractivity contribution in [3.63, 3.8) is 0 Å². The highest BCUT2D eigenvalue weighted by Crippen LogP contribution is 2.40. The van der Waals surface area contributed by atoms with E-state index in [0.717, 1.165) is 33.6 Å². The Bertz CT molecular complexity index is 1140. The first kappa shape index (κ1) is 25.4. The van der Waals surface area contributed by atoms with E-state index in [1.807, 2.05) is 76.1 Å². The van der Waals surface area contributed by atoms with Gasteiger partial charge < -0.3 is 14.4 Å². The molecule has 0 radical (unpaired) electrons. The van der Waals surface area contributed by atoms with Gasteiger partial charge in [-0.1, -0.05) is 37.8 Å². The van der Waals surface area contributed by atoms with Crippen LogP contribution in [-0.4, -0.2) is 41.2 Å². The molecule has 3 aromatic carbocycles. The molecule has 0 atom stereocenters. The summed E-state index contributed by atoms with van der Waals surface area (Å²) >= 11 is 0. The summed E-state index contributed by atoms with van der Waals surface area (Å²) in [5.41, 5.74) is 6.63. The van der Waals surface area contributed by atoms with E-state index < -0.39 is 10.1 Å². The quantitative estimate of drug-likeness (QED) is 0.381. The van der Waals surface area contributed by atoms with Gasteiger partial charge in [0, 0.05) is 45.5 Å². The summed E-state index contributed by atoms with van der Waals surface area (Å²) in [4.78, 5) is 3.88. The maximum Gasteiger partial charge on any atom is 0.124 e. The fraction of sp³-hybridized carbons (Fsp3) is 0.308. The van der Waals surface area contributed by atoms with E-state index in [-0.39, 0.29) is 18.2 Å². The second-order valence-corrected chi connectivity index (χ2v) is 9.64. The maximum absolute atomic E-state index is 12.1. The lowest BCUT2D eigenvalue weighted by atomic mass is 9.81. The minimum atomic E-state index is -4.63. The van der Waals surface area contributed by atoms with Crippen LogP contribution in [0.3, 0.4) is 0 Å². The molecular formula is C26H33N2O3S-. The van der Waals surface area contributed by atoms with Crippen molar-refractivity contribution < 1.29 is 13.0 Å². The summed E-state index contributed by atoms with van der Waals surface area (Å²) in [6.07, 6.45) is 0. The molecule has 3 rings (SSSR count). The highest BCUT2D eigenvalue weighted by atomic mass is 32.2. The van der Waals surface area contributed by atoms with Crippen molar-refractivity contribution in [2.45, 2.75) is 32.1 Å².